The van der Waals surface area contributed by atoms with Crippen LogP contribution in [-0.2, 0) is 19.4 Å². The quantitative estimate of drug-likeness (QED) is 0.724. The van der Waals surface area contributed by atoms with Gasteiger partial charge in [0.1, 0.15) is 5.75 Å². The molecule has 3 rings (SSSR count). The van der Waals surface area contributed by atoms with Crippen LogP contribution in [0.2, 0.25) is 0 Å². The van der Waals surface area contributed by atoms with Crippen molar-refractivity contribution in [3.05, 3.63) is 42.5 Å². The van der Waals surface area contributed by atoms with Gasteiger partial charge in [-0.1, -0.05) is 13.0 Å². The number of methoxy groups -OCH3 is 1. The Balaban J connectivity index is 1.67. The predicted octanol–water partition coefficient (Wildman–Crippen LogP) is 3.18. The third kappa shape index (κ3) is 5.30. The Morgan fingerprint density at radius 1 is 1.28 bits per heavy atom. The summed E-state index contributed by atoms with van der Waals surface area (Å²) in [5, 5.41) is 5.44. The van der Waals surface area contributed by atoms with E-state index in [-0.39, 0.29) is 28.9 Å². The third-order valence-electron chi connectivity index (χ3n) is 4.46. The van der Waals surface area contributed by atoms with E-state index in [9.17, 15) is 18.0 Å². The van der Waals surface area contributed by atoms with Gasteiger partial charge in [-0.25, -0.2) is 8.42 Å². The van der Waals surface area contributed by atoms with Crippen molar-refractivity contribution in [3.8, 4) is 5.75 Å². The number of hydrogen-bond donors (Lipinski definition) is 2. The van der Waals surface area contributed by atoms with E-state index in [1.807, 2.05) is 6.92 Å². The summed E-state index contributed by atoms with van der Waals surface area (Å²) in [6, 6.07) is 11.5. The number of sulfone groups is 1. The fourth-order valence-corrected chi connectivity index (χ4v) is 5.01. The van der Waals surface area contributed by atoms with Gasteiger partial charge in [-0.3, -0.25) is 9.59 Å². The van der Waals surface area contributed by atoms with E-state index in [0.717, 1.165) is 4.90 Å². The van der Waals surface area contributed by atoms with Crippen LogP contribution in [0.1, 0.15) is 13.3 Å². The summed E-state index contributed by atoms with van der Waals surface area (Å²) in [5.74, 6) is 0.189. The first-order valence-corrected chi connectivity index (χ1v) is 11.7. The number of nitrogens with one attached hydrogen (secondary N) is 2. The number of carbonyl (C=O) groups is 2. The standard InChI is InChI=1S/C20H22N2O5S2/c1-13-12-28-18-7-6-16(11-17(18)22-20(13)24)29(25,26)9-8-19(23)21-14-4-3-5-15(10-14)27-2/h3-7,10-11,13H,8-9,12H2,1-2H3,(H,21,23)(H,22,24)/t13-/m0/s1. The highest BCUT2D eigenvalue weighted by Gasteiger charge is 2.23. The lowest BCUT2D eigenvalue weighted by atomic mass is 10.2. The van der Waals surface area contributed by atoms with Crippen molar-refractivity contribution in [2.24, 2.45) is 5.92 Å². The molecule has 2 aromatic rings. The topological polar surface area (TPSA) is 102 Å². The molecule has 0 unspecified atom stereocenters. The lowest BCUT2D eigenvalue weighted by Crippen LogP contribution is -2.20. The van der Waals surface area contributed by atoms with Crippen LogP contribution in [-0.4, -0.2) is 38.8 Å². The SMILES string of the molecule is COc1cccc(NC(=O)CCS(=O)(=O)c2ccc3c(c2)NC(=O)[C@@H](C)CS3)c1. The highest BCUT2D eigenvalue weighted by atomic mass is 32.2. The van der Waals surface area contributed by atoms with Crippen molar-refractivity contribution in [3.63, 3.8) is 0 Å². The van der Waals surface area contributed by atoms with Crippen LogP contribution < -0.4 is 15.4 Å². The van der Waals surface area contributed by atoms with Crippen molar-refractivity contribution in [2.45, 2.75) is 23.1 Å². The molecule has 1 atom stereocenters. The van der Waals surface area contributed by atoms with Gasteiger partial charge in [0.15, 0.2) is 9.84 Å². The van der Waals surface area contributed by atoms with Crippen LogP contribution in [0.25, 0.3) is 0 Å². The molecule has 1 aliphatic rings. The first-order chi connectivity index (χ1) is 13.8. The fourth-order valence-electron chi connectivity index (χ4n) is 2.74. The first-order valence-electron chi connectivity index (χ1n) is 9.03. The van der Waals surface area contributed by atoms with Gasteiger partial charge >= 0.3 is 0 Å². The summed E-state index contributed by atoms with van der Waals surface area (Å²) in [4.78, 5) is 25.1. The highest BCUT2D eigenvalue weighted by Crippen LogP contribution is 2.34. The maximum absolute atomic E-state index is 12.7. The van der Waals surface area contributed by atoms with Crippen molar-refractivity contribution in [1.82, 2.24) is 0 Å². The predicted molar refractivity (Wildman–Crippen MR) is 113 cm³/mol. The van der Waals surface area contributed by atoms with Crippen LogP contribution in [0.3, 0.4) is 0 Å². The summed E-state index contributed by atoms with van der Waals surface area (Å²) >= 11 is 1.51. The summed E-state index contributed by atoms with van der Waals surface area (Å²) in [7, 11) is -2.16. The van der Waals surface area contributed by atoms with Crippen LogP contribution in [0.4, 0.5) is 11.4 Å². The molecule has 0 saturated carbocycles. The number of fused-ring (bicyclic) bond motifs is 1. The smallest absolute Gasteiger partial charge is 0.228 e. The molecule has 0 spiro atoms. The lowest BCUT2D eigenvalue weighted by molar-refractivity contribution is -0.118. The number of anilines is 2. The number of amides is 2. The number of thioether (sulfide) groups is 1. The normalized spacial score (nSPS) is 16.3. The first kappa shape index (κ1) is 21.2. The minimum atomic E-state index is -3.68. The Hall–Kier alpha value is -2.52. The molecular weight excluding hydrogens is 412 g/mol. The van der Waals surface area contributed by atoms with E-state index in [0.29, 0.717) is 22.9 Å². The fraction of sp³-hybridized carbons (Fsp3) is 0.300. The van der Waals surface area contributed by atoms with Gasteiger partial charge in [-0.15, -0.1) is 11.8 Å². The van der Waals surface area contributed by atoms with Gasteiger partial charge in [-0.05, 0) is 30.3 Å². The van der Waals surface area contributed by atoms with Gasteiger partial charge in [0.05, 0.1) is 23.4 Å². The lowest BCUT2D eigenvalue weighted by Gasteiger charge is -2.11. The second-order valence-electron chi connectivity index (χ2n) is 6.71. The minimum absolute atomic E-state index is 0.0842. The molecule has 0 radical (unpaired) electrons. The van der Waals surface area contributed by atoms with Crippen molar-refractivity contribution < 1.29 is 22.7 Å². The average Bonchev–Trinajstić information content (AvgIpc) is 2.84. The molecule has 0 aliphatic carbocycles. The van der Waals surface area contributed by atoms with E-state index in [4.69, 9.17) is 4.74 Å². The number of hydrogen-bond acceptors (Lipinski definition) is 6. The van der Waals surface area contributed by atoms with Crippen molar-refractivity contribution in [1.29, 1.82) is 0 Å². The molecular formula is C20H22N2O5S2. The van der Waals surface area contributed by atoms with E-state index in [2.05, 4.69) is 10.6 Å². The Bertz CT molecular complexity index is 1040. The third-order valence-corrected chi connectivity index (χ3v) is 7.50. The Labute approximate surface area is 174 Å². The zero-order valence-electron chi connectivity index (χ0n) is 16.1. The van der Waals surface area contributed by atoms with Gasteiger partial charge in [0.25, 0.3) is 0 Å². The molecule has 1 heterocycles. The largest absolute Gasteiger partial charge is 0.497 e. The summed E-state index contributed by atoms with van der Waals surface area (Å²) in [5.41, 5.74) is 1.02. The molecule has 2 amide bonds. The highest BCUT2D eigenvalue weighted by molar-refractivity contribution is 7.99. The molecule has 29 heavy (non-hydrogen) atoms. The van der Waals surface area contributed by atoms with Crippen LogP contribution in [0, 0.1) is 5.92 Å². The van der Waals surface area contributed by atoms with E-state index in [1.54, 1.807) is 30.3 Å². The molecule has 9 heteroatoms. The second-order valence-corrected chi connectivity index (χ2v) is 9.88. The molecule has 2 N–H and O–H groups in total. The average molecular weight is 435 g/mol. The zero-order chi connectivity index (χ0) is 21.0. The number of ether oxygens (including phenoxy) is 1. The molecule has 0 fully saturated rings. The van der Waals surface area contributed by atoms with E-state index >= 15 is 0 Å². The maximum atomic E-state index is 12.7. The van der Waals surface area contributed by atoms with Crippen LogP contribution >= 0.6 is 11.8 Å². The monoisotopic (exact) mass is 434 g/mol. The summed E-state index contributed by atoms with van der Waals surface area (Å²) in [6.45, 7) is 1.83. The van der Waals surface area contributed by atoms with Crippen molar-refractivity contribution >= 4 is 44.8 Å². The Morgan fingerprint density at radius 2 is 2.07 bits per heavy atom. The van der Waals surface area contributed by atoms with E-state index in [1.165, 1.54) is 31.0 Å². The van der Waals surface area contributed by atoms with E-state index < -0.39 is 15.7 Å². The van der Waals surface area contributed by atoms with Crippen LogP contribution in [0.15, 0.2) is 52.3 Å². The number of carbonyl (C=O) groups excluding carboxylic acids is 2. The second kappa shape index (κ2) is 8.87. The molecule has 2 aromatic carbocycles. The van der Waals surface area contributed by atoms with Gasteiger partial charge < -0.3 is 15.4 Å². The number of rotatable bonds is 6. The molecule has 0 saturated heterocycles. The Morgan fingerprint density at radius 3 is 2.83 bits per heavy atom. The summed E-state index contributed by atoms with van der Waals surface area (Å²) in [6.07, 6.45) is -0.186. The molecule has 0 aromatic heterocycles. The maximum Gasteiger partial charge on any atom is 0.228 e. The molecule has 7 nitrogen and oxygen atoms in total. The van der Waals surface area contributed by atoms with Gasteiger partial charge in [0, 0.05) is 34.7 Å². The van der Waals surface area contributed by atoms with Crippen molar-refractivity contribution in [2.75, 3.05) is 29.2 Å². The van der Waals surface area contributed by atoms with Gasteiger partial charge in [-0.2, -0.15) is 0 Å². The summed E-state index contributed by atoms with van der Waals surface area (Å²) < 4.78 is 30.5. The Kier molecular flexibility index (Phi) is 6.49. The van der Waals surface area contributed by atoms with Gasteiger partial charge in [0.2, 0.25) is 11.8 Å². The molecule has 154 valence electrons. The van der Waals surface area contributed by atoms with Crippen LogP contribution in [0.5, 0.6) is 5.75 Å². The minimum Gasteiger partial charge on any atom is -0.497 e. The zero-order valence-corrected chi connectivity index (χ0v) is 17.7. The molecule has 1 aliphatic heterocycles. The molecule has 0 bridgehead atoms. The number of benzene rings is 2.